The molecule has 2 aromatic carbocycles. The van der Waals surface area contributed by atoms with E-state index < -0.39 is 27.9 Å². The van der Waals surface area contributed by atoms with Crippen LogP contribution in [0.4, 0.5) is 11.4 Å². The van der Waals surface area contributed by atoms with Crippen molar-refractivity contribution in [3.63, 3.8) is 0 Å². The molecule has 2 aromatic rings. The fourth-order valence-corrected chi connectivity index (χ4v) is 4.50. The van der Waals surface area contributed by atoms with Gasteiger partial charge in [-0.25, -0.2) is 12.7 Å². The van der Waals surface area contributed by atoms with Gasteiger partial charge >= 0.3 is 0 Å². The van der Waals surface area contributed by atoms with Crippen LogP contribution < -0.4 is 10.6 Å². The Morgan fingerprint density at radius 1 is 0.963 bits per heavy atom. The molecule has 9 heteroatoms. The van der Waals surface area contributed by atoms with Crippen LogP contribution in [-0.2, 0) is 19.6 Å². The molecule has 3 amide bonds. The minimum Gasteiger partial charge on any atom is -0.326 e. The van der Waals surface area contributed by atoms with Crippen molar-refractivity contribution in [2.75, 3.05) is 10.6 Å². The summed E-state index contributed by atoms with van der Waals surface area (Å²) in [6.45, 7) is 2.73. The number of rotatable bonds is 4. The molecule has 1 aliphatic heterocycles. The van der Waals surface area contributed by atoms with Crippen LogP contribution in [-0.4, -0.2) is 36.5 Å². The Bertz CT molecular complexity index is 1030. The highest BCUT2D eigenvalue weighted by molar-refractivity contribution is 7.90. The van der Waals surface area contributed by atoms with Crippen LogP contribution >= 0.6 is 0 Å². The summed E-state index contributed by atoms with van der Waals surface area (Å²) >= 11 is 0. The van der Waals surface area contributed by atoms with Gasteiger partial charge in [0.15, 0.2) is 0 Å². The number of benzene rings is 2. The van der Waals surface area contributed by atoms with E-state index in [4.69, 9.17) is 0 Å². The molecule has 140 valence electrons. The number of anilines is 2. The average Bonchev–Trinajstić information content (AvgIpc) is 2.82. The number of fused-ring (bicyclic) bond motifs is 1. The number of hydrogen-bond donors (Lipinski definition) is 2. The zero-order valence-corrected chi connectivity index (χ0v) is 15.4. The van der Waals surface area contributed by atoms with E-state index in [1.54, 1.807) is 30.3 Å². The van der Waals surface area contributed by atoms with Crippen molar-refractivity contribution >= 4 is 39.1 Å². The molecule has 3 rings (SSSR count). The second-order valence-electron chi connectivity index (χ2n) is 6.03. The minimum atomic E-state index is -4.08. The number of sulfonamides is 1. The third kappa shape index (κ3) is 3.41. The van der Waals surface area contributed by atoms with E-state index >= 15 is 0 Å². The van der Waals surface area contributed by atoms with E-state index in [-0.39, 0.29) is 16.4 Å². The largest absolute Gasteiger partial charge is 0.326 e. The number of nitrogens with zero attached hydrogens (tertiary/aromatic N) is 1. The van der Waals surface area contributed by atoms with Crippen molar-refractivity contribution in [2.24, 2.45) is 0 Å². The lowest BCUT2D eigenvalue weighted by atomic mass is 10.2. The van der Waals surface area contributed by atoms with Crippen LogP contribution in [0.15, 0.2) is 53.4 Å². The molecular weight excluding hydrogens is 370 g/mol. The highest BCUT2D eigenvalue weighted by atomic mass is 32.2. The lowest BCUT2D eigenvalue weighted by Gasteiger charge is -2.22. The van der Waals surface area contributed by atoms with Crippen LogP contribution in [0.5, 0.6) is 0 Å². The van der Waals surface area contributed by atoms with Crippen molar-refractivity contribution in [1.29, 1.82) is 0 Å². The van der Waals surface area contributed by atoms with Gasteiger partial charge in [0, 0.05) is 18.3 Å². The number of carbonyl (C=O) groups is 3. The molecule has 1 heterocycles. The highest BCUT2D eigenvalue weighted by Crippen LogP contribution is 2.31. The lowest BCUT2D eigenvalue weighted by molar-refractivity contribution is -0.119. The van der Waals surface area contributed by atoms with Gasteiger partial charge in [-0.3, -0.25) is 14.4 Å². The van der Waals surface area contributed by atoms with Gasteiger partial charge in [-0.1, -0.05) is 12.1 Å². The van der Waals surface area contributed by atoms with Gasteiger partial charge in [0.25, 0.3) is 15.9 Å². The second kappa shape index (κ2) is 6.84. The van der Waals surface area contributed by atoms with Gasteiger partial charge in [0.2, 0.25) is 11.8 Å². The van der Waals surface area contributed by atoms with Crippen LogP contribution in [0.2, 0.25) is 0 Å². The van der Waals surface area contributed by atoms with Gasteiger partial charge in [-0.2, -0.15) is 0 Å². The predicted molar refractivity (Wildman–Crippen MR) is 98.6 cm³/mol. The molecule has 0 aliphatic carbocycles. The van der Waals surface area contributed by atoms with Gasteiger partial charge in [0.05, 0.1) is 5.56 Å². The molecule has 1 aliphatic rings. The summed E-state index contributed by atoms with van der Waals surface area (Å²) in [5, 5.41) is 5.17. The van der Waals surface area contributed by atoms with Gasteiger partial charge in [-0.05, 0) is 43.3 Å². The Balaban J connectivity index is 1.78. The van der Waals surface area contributed by atoms with Crippen LogP contribution in [0.3, 0.4) is 0 Å². The molecule has 8 nitrogen and oxygen atoms in total. The van der Waals surface area contributed by atoms with E-state index in [1.165, 1.54) is 32.0 Å². The van der Waals surface area contributed by atoms with Crippen molar-refractivity contribution in [3.8, 4) is 0 Å². The lowest BCUT2D eigenvalue weighted by Crippen LogP contribution is -2.45. The van der Waals surface area contributed by atoms with E-state index in [1.807, 2.05) is 0 Å². The Morgan fingerprint density at radius 2 is 1.52 bits per heavy atom. The molecule has 0 aromatic heterocycles. The monoisotopic (exact) mass is 387 g/mol. The summed E-state index contributed by atoms with van der Waals surface area (Å²) in [7, 11) is -4.08. The molecule has 0 saturated heterocycles. The third-order valence-corrected chi connectivity index (χ3v) is 5.97. The molecule has 0 radical (unpaired) electrons. The number of nitrogens with one attached hydrogen (secondary N) is 2. The smallest absolute Gasteiger partial charge is 0.269 e. The Labute approximate surface area is 156 Å². The van der Waals surface area contributed by atoms with Crippen molar-refractivity contribution in [3.05, 3.63) is 54.1 Å². The van der Waals surface area contributed by atoms with Crippen molar-refractivity contribution in [2.45, 2.75) is 24.8 Å². The third-order valence-electron chi connectivity index (χ3n) is 4.06. The summed E-state index contributed by atoms with van der Waals surface area (Å²) in [6.07, 6.45) is 0. The summed E-state index contributed by atoms with van der Waals surface area (Å²) in [5.74, 6) is -1.60. The first kappa shape index (κ1) is 18.6. The molecule has 2 N–H and O–H groups in total. The van der Waals surface area contributed by atoms with E-state index in [0.29, 0.717) is 15.7 Å². The Kier molecular flexibility index (Phi) is 4.71. The molecule has 1 atom stereocenters. The normalized spacial score (nSPS) is 15.8. The highest BCUT2D eigenvalue weighted by Gasteiger charge is 2.45. The average molecular weight is 387 g/mol. The molecular formula is C18H17N3O5S. The van der Waals surface area contributed by atoms with Gasteiger partial charge in [0.1, 0.15) is 10.9 Å². The molecule has 0 spiro atoms. The first-order valence-corrected chi connectivity index (χ1v) is 9.52. The fraction of sp³-hybridized carbons (Fsp3) is 0.167. The van der Waals surface area contributed by atoms with E-state index in [9.17, 15) is 22.8 Å². The summed E-state index contributed by atoms with van der Waals surface area (Å²) in [4.78, 5) is 35.9. The predicted octanol–water partition coefficient (Wildman–Crippen LogP) is 1.82. The first-order valence-electron chi connectivity index (χ1n) is 8.08. The zero-order valence-electron chi connectivity index (χ0n) is 14.6. The summed E-state index contributed by atoms with van der Waals surface area (Å²) < 4.78 is 25.8. The zero-order chi connectivity index (χ0) is 19.8. The fourth-order valence-electron chi connectivity index (χ4n) is 2.78. The Hall–Kier alpha value is -3.20. The van der Waals surface area contributed by atoms with Crippen LogP contribution in [0.1, 0.15) is 24.2 Å². The number of carbonyl (C=O) groups excluding carboxylic acids is 3. The summed E-state index contributed by atoms with van der Waals surface area (Å²) in [5.41, 5.74) is 1.01. The SMILES string of the molecule is CC(=O)Nc1ccc(NC(=O)[C@@H](C)N2C(=O)c3ccccc3S2(=O)=O)cc1. The maximum atomic E-state index is 12.6. The molecule has 0 unspecified atom stereocenters. The summed E-state index contributed by atoms with van der Waals surface area (Å²) in [6, 6.07) is 10.9. The minimum absolute atomic E-state index is 0.0526. The van der Waals surface area contributed by atoms with Crippen LogP contribution in [0, 0.1) is 0 Å². The van der Waals surface area contributed by atoms with E-state index in [2.05, 4.69) is 10.6 Å². The number of amides is 3. The van der Waals surface area contributed by atoms with E-state index in [0.717, 1.165) is 0 Å². The van der Waals surface area contributed by atoms with Crippen LogP contribution in [0.25, 0.3) is 0 Å². The molecule has 27 heavy (non-hydrogen) atoms. The molecule has 0 fully saturated rings. The van der Waals surface area contributed by atoms with Gasteiger partial charge < -0.3 is 10.6 Å². The van der Waals surface area contributed by atoms with Crippen molar-refractivity contribution in [1.82, 2.24) is 4.31 Å². The van der Waals surface area contributed by atoms with Gasteiger partial charge in [-0.15, -0.1) is 0 Å². The maximum absolute atomic E-state index is 12.6. The first-order chi connectivity index (χ1) is 12.7. The topological polar surface area (TPSA) is 113 Å². The molecule has 0 saturated carbocycles. The maximum Gasteiger partial charge on any atom is 0.269 e. The Morgan fingerprint density at radius 3 is 2.07 bits per heavy atom. The number of hydrogen-bond acceptors (Lipinski definition) is 5. The van der Waals surface area contributed by atoms with Crippen molar-refractivity contribution < 1.29 is 22.8 Å². The standard InChI is InChI=1S/C18H17N3O5S/c1-11(17(23)20-14-9-7-13(8-10-14)19-12(2)22)21-18(24)15-5-3-4-6-16(15)27(21,25)26/h3-11H,1-2H3,(H,19,22)(H,20,23)/t11-/m1/s1. The molecule has 0 bridgehead atoms. The second-order valence-corrected chi connectivity index (χ2v) is 7.81. The quantitative estimate of drug-likeness (QED) is 0.831.